The van der Waals surface area contributed by atoms with E-state index in [0.717, 1.165) is 81.8 Å². The first-order chi connectivity index (χ1) is 26.3. The second-order valence-electron chi connectivity index (χ2n) is 15.4. The van der Waals surface area contributed by atoms with Gasteiger partial charge in [0, 0.05) is 37.7 Å². The maximum atomic E-state index is 13.4. The van der Waals surface area contributed by atoms with E-state index in [0.29, 0.717) is 42.2 Å². The third-order valence-electron chi connectivity index (χ3n) is 11.9. The first kappa shape index (κ1) is 35.8. The zero-order valence-electron chi connectivity index (χ0n) is 30.9. The summed E-state index contributed by atoms with van der Waals surface area (Å²) in [5.41, 5.74) is 7.76. The van der Waals surface area contributed by atoms with E-state index in [1.54, 1.807) is 6.07 Å². The van der Waals surface area contributed by atoms with Crippen molar-refractivity contribution in [3.05, 3.63) is 137 Å². The monoisotopic (exact) mass is 723 g/mol. The summed E-state index contributed by atoms with van der Waals surface area (Å²) in [7, 11) is 0. The summed E-state index contributed by atoms with van der Waals surface area (Å²) in [5.74, 6) is 0.987. The SMILES string of the molecule is C=C1CCC(N2C(=O)c3ccc(N4CCCN(CCCCOc5ccc([C@H]6c7ccc(O)cc7CC[C@H]6c6ccccc6)cc5)CC4)cc3C2=O)C(=O)C1. The van der Waals surface area contributed by atoms with Gasteiger partial charge in [0.15, 0.2) is 5.78 Å². The molecule has 1 unspecified atom stereocenters. The minimum atomic E-state index is -0.695. The predicted molar refractivity (Wildman–Crippen MR) is 211 cm³/mol. The highest BCUT2D eigenvalue weighted by molar-refractivity contribution is 6.23. The van der Waals surface area contributed by atoms with Crippen molar-refractivity contribution in [2.45, 2.75) is 69.2 Å². The number of hydrogen-bond acceptors (Lipinski definition) is 7. The lowest BCUT2D eigenvalue weighted by Crippen LogP contribution is -2.46. The number of benzene rings is 4. The molecule has 0 spiro atoms. The number of nitrogens with zero attached hydrogens (tertiary/aromatic N) is 3. The van der Waals surface area contributed by atoms with Gasteiger partial charge in [-0.2, -0.15) is 0 Å². The zero-order chi connectivity index (χ0) is 37.2. The van der Waals surface area contributed by atoms with E-state index in [9.17, 15) is 19.5 Å². The van der Waals surface area contributed by atoms with Gasteiger partial charge >= 0.3 is 0 Å². The number of Topliss-reactive ketones (excluding diaryl/α,β-unsaturated/α-hetero) is 1. The zero-order valence-corrected chi connectivity index (χ0v) is 30.9. The van der Waals surface area contributed by atoms with Crippen LogP contribution in [-0.2, 0) is 11.2 Å². The normalized spacial score (nSPS) is 21.9. The van der Waals surface area contributed by atoms with Gasteiger partial charge in [-0.05, 0) is 129 Å². The number of aryl methyl sites for hydroxylation is 1. The van der Waals surface area contributed by atoms with Crippen molar-refractivity contribution in [2.75, 3.05) is 44.2 Å². The lowest BCUT2D eigenvalue weighted by molar-refractivity contribution is -0.123. The smallest absolute Gasteiger partial charge is 0.262 e. The first-order valence-corrected chi connectivity index (χ1v) is 19.6. The van der Waals surface area contributed by atoms with Gasteiger partial charge in [-0.25, -0.2) is 0 Å². The van der Waals surface area contributed by atoms with Crippen molar-refractivity contribution in [2.24, 2.45) is 0 Å². The van der Waals surface area contributed by atoms with Crippen molar-refractivity contribution >= 4 is 23.3 Å². The minimum absolute atomic E-state index is 0.100. The minimum Gasteiger partial charge on any atom is -0.508 e. The van der Waals surface area contributed by atoms with Gasteiger partial charge in [0.05, 0.1) is 23.8 Å². The number of phenolic OH excluding ortho intramolecular Hbond substituents is 1. The largest absolute Gasteiger partial charge is 0.508 e. The van der Waals surface area contributed by atoms with Gasteiger partial charge in [0.1, 0.15) is 11.5 Å². The first-order valence-electron chi connectivity index (χ1n) is 19.6. The average molecular weight is 724 g/mol. The molecule has 4 aliphatic rings. The fraction of sp³-hybridized carbons (Fsp3) is 0.370. The Hall–Kier alpha value is -5.21. The molecule has 2 aliphatic heterocycles. The molecule has 2 fully saturated rings. The Bertz CT molecular complexity index is 2040. The molecular formula is C46H49N3O5. The van der Waals surface area contributed by atoms with Crippen molar-refractivity contribution in [3.8, 4) is 11.5 Å². The van der Waals surface area contributed by atoms with Crippen LogP contribution in [-0.4, -0.2) is 77.9 Å². The number of hydrogen-bond donors (Lipinski definition) is 1. The van der Waals surface area contributed by atoms with Gasteiger partial charge in [-0.3, -0.25) is 19.3 Å². The van der Waals surface area contributed by atoms with E-state index < -0.39 is 6.04 Å². The number of aromatic hydroxyl groups is 1. The number of amides is 2. The van der Waals surface area contributed by atoms with Gasteiger partial charge < -0.3 is 19.6 Å². The number of carbonyl (C=O) groups excluding carboxylic acids is 3. The number of ether oxygens (including phenoxy) is 1. The quantitative estimate of drug-likeness (QED) is 0.101. The molecule has 278 valence electrons. The van der Waals surface area contributed by atoms with Gasteiger partial charge in [0.2, 0.25) is 0 Å². The van der Waals surface area contributed by atoms with Crippen LogP contribution in [0, 0.1) is 0 Å². The van der Waals surface area contributed by atoms with E-state index in [1.165, 1.54) is 27.2 Å². The molecule has 8 rings (SSSR count). The van der Waals surface area contributed by atoms with Crippen LogP contribution in [0.2, 0.25) is 0 Å². The molecule has 8 nitrogen and oxygen atoms in total. The number of ketones is 1. The molecule has 1 saturated carbocycles. The molecule has 3 atom stereocenters. The van der Waals surface area contributed by atoms with Gasteiger partial charge in [-0.15, -0.1) is 0 Å². The van der Waals surface area contributed by atoms with Gasteiger partial charge in [-0.1, -0.05) is 60.7 Å². The highest BCUT2D eigenvalue weighted by Crippen LogP contribution is 2.47. The van der Waals surface area contributed by atoms with E-state index in [2.05, 4.69) is 77.0 Å². The van der Waals surface area contributed by atoms with E-state index >= 15 is 0 Å². The Balaban J connectivity index is 0.820. The third kappa shape index (κ3) is 7.32. The molecule has 0 bridgehead atoms. The lowest BCUT2D eigenvalue weighted by Gasteiger charge is -2.34. The van der Waals surface area contributed by atoms with Crippen LogP contribution in [0.5, 0.6) is 11.5 Å². The summed E-state index contributed by atoms with van der Waals surface area (Å²) in [6.07, 6.45) is 6.35. The summed E-state index contributed by atoms with van der Waals surface area (Å²) in [6, 6.07) is 30.1. The molecule has 1 N–H and O–H groups in total. The molecule has 2 heterocycles. The Labute approximate surface area is 318 Å². The molecule has 54 heavy (non-hydrogen) atoms. The van der Waals surface area contributed by atoms with Crippen molar-refractivity contribution in [3.63, 3.8) is 0 Å². The second-order valence-corrected chi connectivity index (χ2v) is 15.4. The van der Waals surface area contributed by atoms with E-state index in [4.69, 9.17) is 4.74 Å². The van der Waals surface area contributed by atoms with Crippen molar-refractivity contribution < 1.29 is 24.2 Å². The summed E-state index contributed by atoms with van der Waals surface area (Å²) in [4.78, 5) is 45.4. The molecule has 2 amide bonds. The fourth-order valence-corrected chi connectivity index (χ4v) is 9.08. The molecule has 2 aliphatic carbocycles. The Morgan fingerprint density at radius 2 is 1.57 bits per heavy atom. The maximum absolute atomic E-state index is 13.4. The van der Waals surface area contributed by atoms with E-state index in [1.807, 2.05) is 24.3 Å². The molecule has 0 aromatic heterocycles. The maximum Gasteiger partial charge on any atom is 0.262 e. The molecule has 1 saturated heterocycles. The molecule has 0 radical (unpaired) electrons. The van der Waals surface area contributed by atoms with Crippen LogP contribution < -0.4 is 9.64 Å². The molecule has 4 aromatic carbocycles. The average Bonchev–Trinajstić information content (AvgIpc) is 3.30. The predicted octanol–water partition coefficient (Wildman–Crippen LogP) is 7.90. The summed E-state index contributed by atoms with van der Waals surface area (Å²) < 4.78 is 6.21. The topological polar surface area (TPSA) is 90.4 Å². The standard InChI is InChI=1S/C46H49N3O5/c1-31-10-21-42(43(51)28-31)49-45(52)40-19-14-35(30-41(40)46(49)53)48-24-7-23-47(25-26-48)22-5-6-27-54-37-16-11-33(12-17-37)44-38(32-8-3-2-4-9-32)18-13-34-29-36(50)15-20-39(34)44/h2-4,8-9,11-12,14-17,19-20,29-30,38,42,44,50H,1,5-7,10,13,18,21-28H2/t38-,42?,44+/m0/s1. The van der Waals surface area contributed by atoms with Crippen LogP contribution in [0.15, 0.2) is 103 Å². The van der Waals surface area contributed by atoms with Gasteiger partial charge in [0.25, 0.3) is 11.8 Å². The summed E-state index contributed by atoms with van der Waals surface area (Å²) in [6.45, 7) is 9.24. The number of rotatable bonds is 10. The second kappa shape index (κ2) is 15.6. The number of anilines is 1. The summed E-state index contributed by atoms with van der Waals surface area (Å²) in [5, 5.41) is 10.2. The fourth-order valence-electron chi connectivity index (χ4n) is 9.08. The molecule has 8 heteroatoms. The highest BCUT2D eigenvalue weighted by atomic mass is 16.5. The van der Waals surface area contributed by atoms with Crippen LogP contribution in [0.25, 0.3) is 0 Å². The van der Waals surface area contributed by atoms with Crippen LogP contribution in [0.3, 0.4) is 0 Å². The Morgan fingerprint density at radius 1 is 0.759 bits per heavy atom. The number of fused-ring (bicyclic) bond motifs is 2. The van der Waals surface area contributed by atoms with Crippen LogP contribution in [0.4, 0.5) is 5.69 Å². The third-order valence-corrected chi connectivity index (χ3v) is 11.9. The van der Waals surface area contributed by atoms with E-state index in [-0.39, 0.29) is 29.9 Å². The van der Waals surface area contributed by atoms with Crippen molar-refractivity contribution in [1.29, 1.82) is 0 Å². The molecular weight excluding hydrogens is 675 g/mol. The Morgan fingerprint density at radius 3 is 2.39 bits per heavy atom. The number of imide groups is 1. The highest BCUT2D eigenvalue weighted by Gasteiger charge is 2.44. The number of phenols is 1. The number of unbranched alkanes of at least 4 members (excludes halogenated alkanes) is 1. The Kier molecular flexibility index (Phi) is 10.4. The number of carbonyl (C=O) groups is 3. The van der Waals surface area contributed by atoms with Crippen LogP contribution in [0.1, 0.15) is 99.8 Å². The number of allylic oxidation sites excluding steroid dienone is 1. The van der Waals surface area contributed by atoms with Crippen molar-refractivity contribution in [1.82, 2.24) is 9.80 Å². The summed E-state index contributed by atoms with van der Waals surface area (Å²) >= 11 is 0. The lowest BCUT2D eigenvalue weighted by atomic mass is 9.69. The van der Waals surface area contributed by atoms with Crippen LogP contribution >= 0.6 is 0 Å². The molecule has 4 aromatic rings.